The van der Waals surface area contributed by atoms with Crippen molar-refractivity contribution in [1.82, 2.24) is 0 Å². The lowest BCUT2D eigenvalue weighted by Gasteiger charge is -2.14. The van der Waals surface area contributed by atoms with Gasteiger partial charge in [0.2, 0.25) is 5.78 Å². The summed E-state index contributed by atoms with van der Waals surface area (Å²) in [7, 11) is 0. The average Bonchev–Trinajstić information content (AvgIpc) is 2.62. The summed E-state index contributed by atoms with van der Waals surface area (Å²) >= 11 is 0. The maximum atomic E-state index is 12.0. The van der Waals surface area contributed by atoms with Gasteiger partial charge in [-0.25, -0.2) is 4.90 Å². The summed E-state index contributed by atoms with van der Waals surface area (Å²) in [6, 6.07) is 6.17. The van der Waals surface area contributed by atoms with Gasteiger partial charge in [-0.05, 0) is 38.1 Å². The fraction of sp³-hybridized carbons (Fsp3) is 0.286. The Hall–Kier alpha value is -2.50. The Morgan fingerprint density at radius 2 is 1.80 bits per heavy atom. The highest BCUT2D eigenvalue weighted by atomic mass is 16.5. The molecule has 0 saturated carbocycles. The highest BCUT2D eigenvalue weighted by molar-refractivity contribution is 6.59. The predicted molar refractivity (Wildman–Crippen MR) is 69.3 cm³/mol. The zero-order valence-corrected chi connectivity index (χ0v) is 11.1. The van der Waals surface area contributed by atoms with Crippen LogP contribution in [0.3, 0.4) is 0 Å². The summed E-state index contributed by atoms with van der Waals surface area (Å²) in [6.45, 7) is 3.44. The number of nitrogens with zero attached hydrogens (tertiary/aromatic N) is 1. The van der Waals surface area contributed by atoms with Crippen molar-refractivity contribution in [3.05, 3.63) is 24.3 Å². The highest BCUT2D eigenvalue weighted by Crippen LogP contribution is 2.26. The van der Waals surface area contributed by atoms with E-state index in [0.29, 0.717) is 12.4 Å². The van der Waals surface area contributed by atoms with Crippen molar-refractivity contribution in [2.45, 2.75) is 13.8 Å². The molecule has 0 radical (unpaired) electrons. The lowest BCUT2D eigenvalue weighted by atomic mass is 10.0. The molecule has 1 saturated heterocycles. The van der Waals surface area contributed by atoms with Crippen LogP contribution in [-0.2, 0) is 19.2 Å². The summed E-state index contributed by atoms with van der Waals surface area (Å²) in [4.78, 5) is 47.5. The topological polar surface area (TPSA) is 80.8 Å². The van der Waals surface area contributed by atoms with E-state index in [1.54, 1.807) is 12.1 Å². The number of ether oxygens (including phenoxy) is 1. The minimum absolute atomic E-state index is 0.251. The number of ketones is 2. The molecule has 1 atom stereocenters. The fourth-order valence-electron chi connectivity index (χ4n) is 2.04. The molecule has 1 aliphatic heterocycles. The Balaban J connectivity index is 2.33. The van der Waals surface area contributed by atoms with Crippen molar-refractivity contribution in [3.63, 3.8) is 0 Å². The van der Waals surface area contributed by atoms with E-state index in [1.165, 1.54) is 12.1 Å². The molecule has 0 bridgehead atoms. The monoisotopic (exact) mass is 275 g/mol. The molecule has 6 nitrogen and oxygen atoms in total. The molecule has 6 heteroatoms. The molecule has 1 aromatic carbocycles. The van der Waals surface area contributed by atoms with E-state index in [2.05, 4.69) is 0 Å². The Labute approximate surface area is 115 Å². The van der Waals surface area contributed by atoms with Crippen LogP contribution in [0.4, 0.5) is 5.69 Å². The van der Waals surface area contributed by atoms with Crippen LogP contribution >= 0.6 is 0 Å². The highest BCUT2D eigenvalue weighted by Gasteiger charge is 2.49. The van der Waals surface area contributed by atoms with Crippen LogP contribution in [-0.4, -0.2) is 30.0 Å². The summed E-state index contributed by atoms with van der Waals surface area (Å²) in [6.07, 6.45) is 0. The van der Waals surface area contributed by atoms with Crippen molar-refractivity contribution in [1.29, 1.82) is 0 Å². The number of imide groups is 1. The van der Waals surface area contributed by atoms with E-state index in [0.717, 1.165) is 11.8 Å². The fourth-order valence-corrected chi connectivity index (χ4v) is 2.04. The third-order valence-corrected chi connectivity index (χ3v) is 2.96. The number of benzene rings is 1. The van der Waals surface area contributed by atoms with Crippen molar-refractivity contribution in [2.75, 3.05) is 11.5 Å². The number of rotatable bonds is 4. The van der Waals surface area contributed by atoms with Gasteiger partial charge in [-0.2, -0.15) is 0 Å². The standard InChI is InChI=1S/C14H13NO5/c1-3-20-10-6-4-9(5-7-10)15-13(18)11(8(2)16)12(17)14(15)19/h4-7,11H,3H2,1-2H3/t11-/m1/s1. The van der Waals surface area contributed by atoms with E-state index in [-0.39, 0.29) is 5.69 Å². The molecule has 2 rings (SSSR count). The van der Waals surface area contributed by atoms with Crippen LogP contribution in [0.15, 0.2) is 24.3 Å². The molecule has 2 amide bonds. The molecule has 0 aliphatic carbocycles. The van der Waals surface area contributed by atoms with Gasteiger partial charge in [0.05, 0.1) is 12.3 Å². The van der Waals surface area contributed by atoms with E-state index < -0.39 is 29.3 Å². The quantitative estimate of drug-likeness (QED) is 0.460. The first-order valence-electron chi connectivity index (χ1n) is 6.12. The lowest BCUT2D eigenvalue weighted by molar-refractivity contribution is -0.139. The number of amides is 2. The number of Topliss-reactive ketones (excluding diaryl/α,β-unsaturated/α-hetero) is 2. The van der Waals surface area contributed by atoms with Crippen LogP contribution in [0.2, 0.25) is 0 Å². The molecule has 20 heavy (non-hydrogen) atoms. The minimum atomic E-state index is -1.51. The Kier molecular flexibility index (Phi) is 3.65. The zero-order valence-electron chi connectivity index (χ0n) is 11.1. The number of carbonyl (C=O) groups excluding carboxylic acids is 4. The van der Waals surface area contributed by atoms with Gasteiger partial charge in [-0.3, -0.25) is 19.2 Å². The molecule has 1 heterocycles. The Morgan fingerprint density at radius 1 is 1.20 bits per heavy atom. The molecule has 1 aromatic rings. The van der Waals surface area contributed by atoms with Gasteiger partial charge in [0.15, 0.2) is 5.92 Å². The molecule has 0 unspecified atom stereocenters. The Morgan fingerprint density at radius 3 is 2.25 bits per heavy atom. The summed E-state index contributed by atoms with van der Waals surface area (Å²) < 4.78 is 5.25. The van der Waals surface area contributed by atoms with Crippen LogP contribution in [0.5, 0.6) is 5.75 Å². The molecule has 1 aliphatic rings. The molecule has 0 spiro atoms. The zero-order chi connectivity index (χ0) is 14.9. The van der Waals surface area contributed by atoms with Crippen molar-refractivity contribution in [3.8, 4) is 5.75 Å². The number of carbonyl (C=O) groups is 4. The number of hydrogen-bond acceptors (Lipinski definition) is 5. The molecule has 0 aromatic heterocycles. The van der Waals surface area contributed by atoms with Crippen LogP contribution in [0.1, 0.15) is 13.8 Å². The third kappa shape index (κ3) is 2.20. The first kappa shape index (κ1) is 13.9. The maximum Gasteiger partial charge on any atom is 0.302 e. The molecule has 0 N–H and O–H groups in total. The van der Waals surface area contributed by atoms with Gasteiger partial charge in [-0.1, -0.05) is 0 Å². The molecular weight excluding hydrogens is 262 g/mol. The van der Waals surface area contributed by atoms with Gasteiger partial charge in [-0.15, -0.1) is 0 Å². The van der Waals surface area contributed by atoms with E-state index in [9.17, 15) is 19.2 Å². The normalized spacial score (nSPS) is 18.6. The second kappa shape index (κ2) is 5.24. The van der Waals surface area contributed by atoms with Crippen LogP contribution < -0.4 is 9.64 Å². The van der Waals surface area contributed by atoms with Gasteiger partial charge in [0.25, 0.3) is 5.91 Å². The third-order valence-electron chi connectivity index (χ3n) is 2.96. The summed E-state index contributed by atoms with van der Waals surface area (Å²) in [5.74, 6) is -4.28. The van der Waals surface area contributed by atoms with Crippen molar-refractivity contribution >= 4 is 29.1 Å². The minimum Gasteiger partial charge on any atom is -0.494 e. The van der Waals surface area contributed by atoms with Gasteiger partial charge >= 0.3 is 5.91 Å². The van der Waals surface area contributed by atoms with Gasteiger partial charge in [0.1, 0.15) is 11.5 Å². The van der Waals surface area contributed by atoms with E-state index in [1.807, 2.05) is 6.92 Å². The number of anilines is 1. The first-order chi connectivity index (χ1) is 9.47. The molecule has 1 fully saturated rings. The molecular formula is C14H13NO5. The summed E-state index contributed by atoms with van der Waals surface area (Å²) in [5.41, 5.74) is 0.251. The smallest absolute Gasteiger partial charge is 0.302 e. The second-order valence-electron chi connectivity index (χ2n) is 4.31. The van der Waals surface area contributed by atoms with Crippen LogP contribution in [0, 0.1) is 5.92 Å². The van der Waals surface area contributed by atoms with E-state index >= 15 is 0 Å². The van der Waals surface area contributed by atoms with Gasteiger partial charge < -0.3 is 4.74 Å². The van der Waals surface area contributed by atoms with Crippen molar-refractivity contribution in [2.24, 2.45) is 5.92 Å². The van der Waals surface area contributed by atoms with Gasteiger partial charge in [0, 0.05) is 0 Å². The molecule has 104 valence electrons. The first-order valence-corrected chi connectivity index (χ1v) is 6.12. The van der Waals surface area contributed by atoms with E-state index in [4.69, 9.17) is 4.74 Å². The Bertz CT molecular complexity index is 590. The maximum absolute atomic E-state index is 12.0. The van der Waals surface area contributed by atoms with Crippen LogP contribution in [0.25, 0.3) is 0 Å². The largest absolute Gasteiger partial charge is 0.494 e. The predicted octanol–water partition coefficient (Wildman–Crippen LogP) is 0.733. The second-order valence-corrected chi connectivity index (χ2v) is 4.31. The average molecular weight is 275 g/mol. The lowest BCUT2D eigenvalue weighted by Crippen LogP contribution is -2.31. The SMILES string of the molecule is CCOc1ccc(N2C(=O)C(=O)[C@@H](C(C)=O)C2=O)cc1. The van der Waals surface area contributed by atoms with Crippen molar-refractivity contribution < 1.29 is 23.9 Å². The summed E-state index contributed by atoms with van der Waals surface area (Å²) in [5, 5.41) is 0. The number of hydrogen-bond donors (Lipinski definition) is 0.